The molecule has 1 N–H and O–H groups in total. The molecule has 146 valence electrons. The fraction of sp³-hybridized carbons (Fsp3) is 0.400. The van der Waals surface area contributed by atoms with Crippen LogP contribution in [0.25, 0.3) is 10.9 Å². The Morgan fingerprint density at radius 3 is 2.57 bits per heavy atom. The molecule has 28 heavy (non-hydrogen) atoms. The fourth-order valence-electron chi connectivity index (χ4n) is 4.48. The predicted octanol–water partition coefficient (Wildman–Crippen LogP) is 5.51. The van der Waals surface area contributed by atoms with E-state index < -0.39 is 0 Å². The zero-order valence-corrected chi connectivity index (χ0v) is 16.9. The highest BCUT2D eigenvalue weighted by molar-refractivity contribution is 5.88. The highest BCUT2D eigenvalue weighted by atomic mass is 16.2. The lowest BCUT2D eigenvalue weighted by molar-refractivity contribution is -0.132. The highest BCUT2D eigenvalue weighted by Crippen LogP contribution is 2.35. The van der Waals surface area contributed by atoms with E-state index in [1.807, 2.05) is 6.07 Å². The Kier molecular flexibility index (Phi) is 5.52. The van der Waals surface area contributed by atoms with Gasteiger partial charge in [0.15, 0.2) is 0 Å². The third-order valence-electron chi connectivity index (χ3n) is 6.31. The van der Waals surface area contributed by atoms with Crippen molar-refractivity contribution in [1.82, 2.24) is 9.88 Å². The number of piperidine rings is 1. The Labute approximate surface area is 167 Å². The average Bonchev–Trinajstić information content (AvgIpc) is 3.17. The summed E-state index contributed by atoms with van der Waals surface area (Å²) in [6.07, 6.45) is 5.89. The van der Waals surface area contributed by atoms with Gasteiger partial charge in [0, 0.05) is 42.5 Å². The van der Waals surface area contributed by atoms with Crippen molar-refractivity contribution in [3.8, 4) is 0 Å². The number of rotatable bonds is 5. The lowest BCUT2D eigenvalue weighted by Crippen LogP contribution is -2.38. The number of amides is 1. The van der Waals surface area contributed by atoms with E-state index in [0.717, 1.165) is 38.3 Å². The molecule has 0 saturated carbocycles. The summed E-state index contributed by atoms with van der Waals surface area (Å²) in [6.45, 7) is 6.27. The van der Waals surface area contributed by atoms with E-state index in [9.17, 15) is 4.79 Å². The standard InChI is InChI=1S/C25H30N2O/c1-3-19-10-7-11-21-23(17-26-25(19)21)22(20-8-5-4-6-9-20)16-24(28)27-14-12-18(2)13-15-27/h4-11,17-18,22,26H,3,12-16H2,1-2H3. The van der Waals surface area contributed by atoms with Crippen molar-refractivity contribution < 1.29 is 4.79 Å². The number of para-hydroxylation sites is 1. The van der Waals surface area contributed by atoms with Crippen LogP contribution in [0, 0.1) is 5.92 Å². The number of hydrogen-bond acceptors (Lipinski definition) is 1. The molecule has 0 radical (unpaired) electrons. The van der Waals surface area contributed by atoms with Gasteiger partial charge in [0.25, 0.3) is 0 Å². The van der Waals surface area contributed by atoms with Gasteiger partial charge in [0.05, 0.1) is 0 Å². The van der Waals surface area contributed by atoms with Crippen LogP contribution < -0.4 is 0 Å². The zero-order chi connectivity index (χ0) is 19.5. The van der Waals surface area contributed by atoms with Crippen molar-refractivity contribution in [2.24, 2.45) is 5.92 Å². The first-order valence-corrected chi connectivity index (χ1v) is 10.6. The van der Waals surface area contributed by atoms with Gasteiger partial charge in [-0.2, -0.15) is 0 Å². The molecule has 1 amide bonds. The lowest BCUT2D eigenvalue weighted by atomic mass is 9.87. The van der Waals surface area contributed by atoms with Crippen LogP contribution in [0.3, 0.4) is 0 Å². The second-order valence-electron chi connectivity index (χ2n) is 8.17. The molecule has 1 aliphatic heterocycles. The smallest absolute Gasteiger partial charge is 0.223 e. The van der Waals surface area contributed by atoms with E-state index in [2.05, 4.69) is 72.4 Å². The number of nitrogens with zero attached hydrogens (tertiary/aromatic N) is 1. The second-order valence-corrected chi connectivity index (χ2v) is 8.17. The third kappa shape index (κ3) is 3.71. The van der Waals surface area contributed by atoms with Crippen LogP contribution in [0.1, 0.15) is 55.7 Å². The minimum atomic E-state index is 0.0777. The first-order chi connectivity index (χ1) is 13.7. The fourth-order valence-corrected chi connectivity index (χ4v) is 4.48. The molecule has 3 aromatic rings. The van der Waals surface area contributed by atoms with Crippen molar-refractivity contribution in [3.05, 3.63) is 71.4 Å². The SMILES string of the molecule is CCc1cccc2c(C(CC(=O)N3CCC(C)CC3)c3ccccc3)c[nH]c12. The van der Waals surface area contributed by atoms with Crippen molar-refractivity contribution in [3.63, 3.8) is 0 Å². The number of benzene rings is 2. The monoisotopic (exact) mass is 374 g/mol. The van der Waals surface area contributed by atoms with Crippen LogP contribution in [0.5, 0.6) is 0 Å². The summed E-state index contributed by atoms with van der Waals surface area (Å²) >= 11 is 0. The Hall–Kier alpha value is -2.55. The van der Waals surface area contributed by atoms with Crippen LogP contribution in [-0.2, 0) is 11.2 Å². The average molecular weight is 375 g/mol. The molecular weight excluding hydrogens is 344 g/mol. The number of likely N-dealkylation sites (tertiary alicyclic amines) is 1. The normalized spacial score (nSPS) is 16.4. The minimum absolute atomic E-state index is 0.0777. The van der Waals surface area contributed by atoms with Crippen LogP contribution >= 0.6 is 0 Å². The van der Waals surface area contributed by atoms with E-state index in [1.54, 1.807) is 0 Å². The van der Waals surface area contributed by atoms with Crippen molar-refractivity contribution in [2.75, 3.05) is 13.1 Å². The molecule has 0 bridgehead atoms. The van der Waals surface area contributed by atoms with Gasteiger partial charge in [-0.1, -0.05) is 62.4 Å². The summed E-state index contributed by atoms with van der Waals surface area (Å²) in [5.74, 6) is 1.09. The number of H-pyrrole nitrogens is 1. The van der Waals surface area contributed by atoms with Crippen LogP contribution in [0.2, 0.25) is 0 Å². The largest absolute Gasteiger partial charge is 0.361 e. The molecule has 1 aromatic heterocycles. The van der Waals surface area contributed by atoms with Gasteiger partial charge in [-0.05, 0) is 41.9 Å². The topological polar surface area (TPSA) is 36.1 Å². The Morgan fingerprint density at radius 1 is 1.11 bits per heavy atom. The van der Waals surface area contributed by atoms with Gasteiger partial charge in [0.1, 0.15) is 0 Å². The number of hydrogen-bond donors (Lipinski definition) is 1. The molecule has 1 atom stereocenters. The molecule has 2 heterocycles. The molecule has 1 aliphatic rings. The number of carbonyl (C=O) groups is 1. The number of fused-ring (bicyclic) bond motifs is 1. The summed E-state index contributed by atoms with van der Waals surface area (Å²) in [5, 5.41) is 1.24. The van der Waals surface area contributed by atoms with E-state index in [4.69, 9.17) is 0 Å². The zero-order valence-electron chi connectivity index (χ0n) is 16.9. The van der Waals surface area contributed by atoms with Gasteiger partial charge in [-0.25, -0.2) is 0 Å². The lowest BCUT2D eigenvalue weighted by Gasteiger charge is -2.31. The minimum Gasteiger partial charge on any atom is -0.361 e. The summed E-state index contributed by atoms with van der Waals surface area (Å²) in [4.78, 5) is 18.7. The maximum Gasteiger partial charge on any atom is 0.223 e. The Balaban J connectivity index is 1.68. The van der Waals surface area contributed by atoms with E-state index in [-0.39, 0.29) is 11.8 Å². The Bertz CT molecular complexity index is 936. The highest BCUT2D eigenvalue weighted by Gasteiger charge is 2.26. The molecule has 4 rings (SSSR count). The molecule has 3 nitrogen and oxygen atoms in total. The summed E-state index contributed by atoms with van der Waals surface area (Å²) in [7, 11) is 0. The maximum absolute atomic E-state index is 13.2. The molecule has 1 saturated heterocycles. The van der Waals surface area contributed by atoms with Gasteiger partial charge >= 0.3 is 0 Å². The summed E-state index contributed by atoms with van der Waals surface area (Å²) < 4.78 is 0. The molecule has 0 aliphatic carbocycles. The van der Waals surface area contributed by atoms with Crippen LogP contribution in [-0.4, -0.2) is 28.9 Å². The van der Waals surface area contributed by atoms with Gasteiger partial charge in [0.2, 0.25) is 5.91 Å². The Morgan fingerprint density at radius 2 is 1.86 bits per heavy atom. The third-order valence-corrected chi connectivity index (χ3v) is 6.31. The summed E-state index contributed by atoms with van der Waals surface area (Å²) in [5.41, 5.74) is 4.98. The van der Waals surface area contributed by atoms with Crippen LogP contribution in [0.4, 0.5) is 0 Å². The molecular formula is C25H30N2O. The first kappa shape index (κ1) is 18.8. The van der Waals surface area contributed by atoms with E-state index in [1.165, 1.54) is 27.6 Å². The molecule has 0 spiro atoms. The quantitative estimate of drug-likeness (QED) is 0.628. The predicted molar refractivity (Wildman–Crippen MR) is 116 cm³/mol. The molecule has 3 heteroatoms. The maximum atomic E-state index is 13.2. The van der Waals surface area contributed by atoms with Crippen molar-refractivity contribution in [2.45, 2.75) is 45.4 Å². The van der Waals surface area contributed by atoms with Crippen molar-refractivity contribution in [1.29, 1.82) is 0 Å². The number of aromatic nitrogens is 1. The first-order valence-electron chi connectivity index (χ1n) is 10.6. The van der Waals surface area contributed by atoms with E-state index >= 15 is 0 Å². The number of aryl methyl sites for hydroxylation is 1. The van der Waals surface area contributed by atoms with E-state index in [0.29, 0.717) is 6.42 Å². The number of carbonyl (C=O) groups excluding carboxylic acids is 1. The van der Waals surface area contributed by atoms with Gasteiger partial charge in [-0.3, -0.25) is 4.79 Å². The molecule has 1 fully saturated rings. The summed E-state index contributed by atoms with van der Waals surface area (Å²) in [6, 6.07) is 17.0. The second kappa shape index (κ2) is 8.22. The van der Waals surface area contributed by atoms with Gasteiger partial charge < -0.3 is 9.88 Å². The number of nitrogens with one attached hydrogen (secondary N) is 1. The molecule has 2 aromatic carbocycles. The van der Waals surface area contributed by atoms with Gasteiger partial charge in [-0.15, -0.1) is 0 Å². The van der Waals surface area contributed by atoms with Crippen molar-refractivity contribution >= 4 is 16.8 Å². The van der Waals surface area contributed by atoms with Crippen LogP contribution in [0.15, 0.2) is 54.7 Å². The molecule has 1 unspecified atom stereocenters. The number of aromatic amines is 1.